The normalized spacial score (nSPS) is 37.8. The molecular formula is C25H41FN3O5PS2Si. The van der Waals surface area contributed by atoms with Gasteiger partial charge in [-0.1, -0.05) is 44.3 Å². The zero-order chi connectivity index (χ0) is 28.3. The second kappa shape index (κ2) is 10.7. The van der Waals surface area contributed by atoms with Crippen molar-refractivity contribution >= 4 is 43.0 Å². The van der Waals surface area contributed by atoms with Crippen LogP contribution in [0, 0.1) is 5.92 Å². The molecule has 2 aliphatic heterocycles. The molecular weight excluding hydrogens is 564 g/mol. The first-order valence-corrected chi connectivity index (χ1v) is 20.0. The average Bonchev–Trinajstić information content (AvgIpc) is 3.23. The number of anilines is 1. The van der Waals surface area contributed by atoms with E-state index in [9.17, 15) is 4.79 Å². The van der Waals surface area contributed by atoms with Crippen LogP contribution in [0.25, 0.3) is 0 Å². The molecule has 0 aromatic carbocycles. The summed E-state index contributed by atoms with van der Waals surface area (Å²) in [6.45, 7) is 19.1. The van der Waals surface area contributed by atoms with Crippen molar-refractivity contribution in [3.8, 4) is 0 Å². The number of halogens is 1. The van der Waals surface area contributed by atoms with Crippen LogP contribution in [0.4, 0.5) is 10.2 Å². The molecule has 3 heterocycles. The van der Waals surface area contributed by atoms with Gasteiger partial charge in [0, 0.05) is 10.9 Å². The maximum absolute atomic E-state index is 16.2. The van der Waals surface area contributed by atoms with Crippen LogP contribution in [0.15, 0.2) is 29.2 Å². The van der Waals surface area contributed by atoms with Crippen LogP contribution in [-0.2, 0) is 30.0 Å². The molecule has 38 heavy (non-hydrogen) atoms. The van der Waals surface area contributed by atoms with Gasteiger partial charge in [-0.2, -0.15) is 4.98 Å². The summed E-state index contributed by atoms with van der Waals surface area (Å²) < 4.78 is 42.5. The van der Waals surface area contributed by atoms with E-state index in [1.165, 1.54) is 23.6 Å². The molecule has 0 amide bonds. The molecule has 1 aliphatic carbocycles. The van der Waals surface area contributed by atoms with Crippen molar-refractivity contribution < 1.29 is 22.6 Å². The lowest BCUT2D eigenvalue weighted by atomic mass is 9.77. The number of aromatic nitrogens is 2. The Hall–Kier alpha value is -0.593. The lowest BCUT2D eigenvalue weighted by Crippen LogP contribution is -2.44. The Balaban J connectivity index is 1.59. The van der Waals surface area contributed by atoms with Crippen molar-refractivity contribution in [1.29, 1.82) is 0 Å². The van der Waals surface area contributed by atoms with Gasteiger partial charge in [-0.25, -0.2) is 9.18 Å². The molecule has 2 saturated heterocycles. The van der Waals surface area contributed by atoms with Crippen molar-refractivity contribution in [3.63, 3.8) is 0 Å². The molecule has 0 bridgehead atoms. The maximum Gasteiger partial charge on any atom is 0.351 e. The SMILES string of the molecule is C=C(C)[C@@H]1CC[C@]2(C)SP(=S)(O[C@H]3[C@@H](F)[C@H](n4ccc(N)nc4=O)O[C@@H]3CO[Si](C)(C)C(C)(C)C)O[C@H]2C1. The highest BCUT2D eigenvalue weighted by Gasteiger charge is 2.57. The Morgan fingerprint density at radius 1 is 1.47 bits per heavy atom. The number of allylic oxidation sites excluding steroid dienone is 1. The molecule has 3 aliphatic rings. The average molecular weight is 606 g/mol. The van der Waals surface area contributed by atoms with Crippen molar-refractivity contribution in [3.05, 3.63) is 34.9 Å². The molecule has 2 N–H and O–H groups in total. The van der Waals surface area contributed by atoms with Gasteiger partial charge in [0.1, 0.15) is 18.0 Å². The van der Waals surface area contributed by atoms with Gasteiger partial charge in [0.05, 0.1) is 12.7 Å². The number of rotatable bonds is 7. The molecule has 3 fully saturated rings. The van der Waals surface area contributed by atoms with Gasteiger partial charge in [-0.3, -0.25) is 4.57 Å². The van der Waals surface area contributed by atoms with Crippen molar-refractivity contribution in [2.75, 3.05) is 12.3 Å². The van der Waals surface area contributed by atoms with Gasteiger partial charge in [-0.05, 0) is 75.0 Å². The summed E-state index contributed by atoms with van der Waals surface area (Å²) in [5, 5.41) is -0.0466. The number of nitrogen functional groups attached to an aromatic ring is 1. The molecule has 8 nitrogen and oxygen atoms in total. The Bertz CT molecular complexity index is 1180. The number of fused-ring (bicyclic) bond motifs is 1. The fourth-order valence-corrected chi connectivity index (χ4v) is 13.4. The first-order valence-electron chi connectivity index (χ1n) is 13.1. The van der Waals surface area contributed by atoms with E-state index in [0.717, 1.165) is 29.4 Å². The van der Waals surface area contributed by atoms with Gasteiger partial charge < -0.3 is 23.9 Å². The van der Waals surface area contributed by atoms with Crippen molar-refractivity contribution in [2.24, 2.45) is 5.92 Å². The Morgan fingerprint density at radius 2 is 2.16 bits per heavy atom. The highest BCUT2D eigenvalue weighted by Crippen LogP contribution is 2.76. The lowest BCUT2D eigenvalue weighted by Gasteiger charge is -2.37. The number of hydrogen-bond donors (Lipinski definition) is 1. The summed E-state index contributed by atoms with van der Waals surface area (Å²) in [6.07, 6.45) is -0.696. The Morgan fingerprint density at radius 3 is 2.76 bits per heavy atom. The first-order chi connectivity index (χ1) is 17.4. The van der Waals surface area contributed by atoms with Gasteiger partial charge in [0.25, 0.3) is 0 Å². The molecule has 1 aromatic heterocycles. The Labute approximate surface area is 235 Å². The molecule has 0 radical (unpaired) electrons. The van der Waals surface area contributed by atoms with E-state index in [2.05, 4.69) is 52.4 Å². The number of nitrogens with zero attached hydrogens (tertiary/aromatic N) is 2. The predicted molar refractivity (Wildman–Crippen MR) is 157 cm³/mol. The molecule has 8 atom stereocenters. The zero-order valence-corrected chi connectivity index (χ0v) is 26.8. The first kappa shape index (κ1) is 30.4. The monoisotopic (exact) mass is 605 g/mol. The Kier molecular flexibility index (Phi) is 8.53. The highest BCUT2D eigenvalue weighted by molar-refractivity contribution is 8.68. The maximum atomic E-state index is 16.2. The molecule has 1 unspecified atom stereocenters. The molecule has 4 rings (SSSR count). The number of nitrogens with two attached hydrogens (primary N) is 1. The second-order valence-electron chi connectivity index (χ2n) is 12.5. The van der Waals surface area contributed by atoms with Gasteiger partial charge in [0.2, 0.25) is 5.69 Å². The molecule has 1 aromatic rings. The lowest BCUT2D eigenvalue weighted by molar-refractivity contribution is -0.0447. The summed E-state index contributed by atoms with van der Waals surface area (Å²) in [5.74, 6) is 0.430. The van der Waals surface area contributed by atoms with E-state index in [1.807, 2.05) is 6.92 Å². The zero-order valence-electron chi connectivity index (χ0n) is 23.3. The minimum Gasteiger partial charge on any atom is -0.414 e. The summed E-state index contributed by atoms with van der Waals surface area (Å²) >= 11 is 7.50. The third-order valence-corrected chi connectivity index (χ3v) is 18.7. The number of ether oxygens (including phenoxy) is 1. The van der Waals surface area contributed by atoms with E-state index < -0.39 is 44.3 Å². The topological polar surface area (TPSA) is 97.8 Å². The number of alkyl halides is 1. The molecule has 1 saturated carbocycles. The van der Waals surface area contributed by atoms with Gasteiger partial charge in [0.15, 0.2) is 20.7 Å². The van der Waals surface area contributed by atoms with Crippen LogP contribution < -0.4 is 11.4 Å². The largest absolute Gasteiger partial charge is 0.414 e. The van der Waals surface area contributed by atoms with E-state index in [1.54, 1.807) is 0 Å². The van der Waals surface area contributed by atoms with E-state index >= 15 is 4.39 Å². The van der Waals surface area contributed by atoms with Crippen LogP contribution in [0.3, 0.4) is 0 Å². The third-order valence-electron chi connectivity index (χ3n) is 8.50. The van der Waals surface area contributed by atoms with Crippen molar-refractivity contribution in [2.45, 2.75) is 107 Å². The fraction of sp³-hybridized carbons (Fsp3) is 0.760. The summed E-state index contributed by atoms with van der Waals surface area (Å²) in [7, 11) is -2.18. The summed E-state index contributed by atoms with van der Waals surface area (Å²) in [5.41, 5.74) is 3.17. The fourth-order valence-electron chi connectivity index (χ4n) is 4.89. The standard InChI is InChI=1S/C25H41FN3O5PS2Si/c1-15(2)16-9-11-25(6)18(13-16)33-35(36,37-25)34-21-17(14-31-38(7,8)24(3,4)5)32-22(20(21)26)29-12-10-19(27)28-23(29)30/h10,12,16-18,20-22H,1,9,11,13-14H2,2-8H3,(H2,27,28,30)/t16-,17-,18+,20-,21-,22-,25+,35?/m1/s1. The van der Waals surface area contributed by atoms with Crippen LogP contribution in [0.5, 0.6) is 0 Å². The summed E-state index contributed by atoms with van der Waals surface area (Å²) in [4.78, 5) is 16.3. The predicted octanol–water partition coefficient (Wildman–Crippen LogP) is 5.96. The van der Waals surface area contributed by atoms with Crippen LogP contribution in [-0.4, -0.2) is 53.7 Å². The van der Waals surface area contributed by atoms with Crippen LogP contribution in [0.2, 0.25) is 18.1 Å². The van der Waals surface area contributed by atoms with E-state index in [-0.39, 0.29) is 28.3 Å². The minimum absolute atomic E-state index is 0.0466. The third kappa shape index (κ3) is 6.03. The smallest absolute Gasteiger partial charge is 0.351 e. The van der Waals surface area contributed by atoms with Crippen molar-refractivity contribution in [1.82, 2.24) is 9.55 Å². The highest BCUT2D eigenvalue weighted by atomic mass is 32.9. The van der Waals surface area contributed by atoms with Crippen LogP contribution in [0.1, 0.15) is 60.1 Å². The second-order valence-corrected chi connectivity index (χ2v) is 23.8. The van der Waals surface area contributed by atoms with Gasteiger partial charge >= 0.3 is 5.69 Å². The molecule has 214 valence electrons. The van der Waals surface area contributed by atoms with E-state index in [4.69, 9.17) is 35.8 Å². The minimum atomic E-state index is -2.92. The number of hydrogen-bond acceptors (Lipinski definition) is 9. The molecule has 13 heteroatoms. The van der Waals surface area contributed by atoms with E-state index in [0.29, 0.717) is 5.92 Å². The quantitative estimate of drug-likeness (QED) is 0.229. The molecule has 0 spiro atoms. The summed E-state index contributed by atoms with van der Waals surface area (Å²) in [6, 6.07) is 1.44. The van der Waals surface area contributed by atoms with Crippen LogP contribution >= 0.6 is 17.1 Å². The van der Waals surface area contributed by atoms with Gasteiger partial charge in [-0.15, -0.1) is 0 Å².